The van der Waals surface area contributed by atoms with Gasteiger partial charge in [-0.15, -0.1) is 11.3 Å². The molecule has 0 aliphatic carbocycles. The molecule has 25 heavy (non-hydrogen) atoms. The van der Waals surface area contributed by atoms with Crippen LogP contribution in [0, 0.1) is 6.92 Å². The van der Waals surface area contributed by atoms with Crippen molar-refractivity contribution in [3.8, 4) is 0 Å². The van der Waals surface area contributed by atoms with Crippen LogP contribution in [0.25, 0.3) is 41.7 Å². The molecule has 0 radical (unpaired) electrons. The third kappa shape index (κ3) is 2.30. The van der Waals surface area contributed by atoms with Crippen LogP contribution in [0.3, 0.4) is 0 Å². The minimum absolute atomic E-state index is 0.126. The van der Waals surface area contributed by atoms with E-state index >= 15 is 0 Å². The van der Waals surface area contributed by atoms with Crippen LogP contribution in [0.2, 0.25) is 0 Å². The first-order valence-electron chi connectivity index (χ1n) is 8.09. The van der Waals surface area contributed by atoms with Gasteiger partial charge in [0, 0.05) is 24.6 Å². The molecule has 1 heterocycles. The van der Waals surface area contributed by atoms with Gasteiger partial charge in [0.2, 0.25) is 0 Å². The summed E-state index contributed by atoms with van der Waals surface area (Å²) in [5.41, 5.74) is 1.24. The lowest BCUT2D eigenvalue weighted by Crippen LogP contribution is -2.01. The monoisotopic (exact) mass is 404 g/mol. The van der Waals surface area contributed by atoms with Crippen LogP contribution in [0.5, 0.6) is 0 Å². The lowest BCUT2D eigenvalue weighted by Gasteiger charge is -2.07. The van der Waals surface area contributed by atoms with Crippen LogP contribution in [0.15, 0.2) is 69.9 Å². The number of hydrogen-bond acceptors (Lipinski definition) is 2. The van der Waals surface area contributed by atoms with Crippen molar-refractivity contribution in [3.05, 3.63) is 80.9 Å². The Morgan fingerprint density at radius 1 is 0.760 bits per heavy atom. The first-order chi connectivity index (χ1) is 12.1. The summed E-state index contributed by atoms with van der Waals surface area (Å²) in [4.78, 5) is 13.0. The Balaban J connectivity index is 1.96. The molecule has 0 amide bonds. The zero-order valence-corrected chi connectivity index (χ0v) is 15.9. The van der Waals surface area contributed by atoms with Gasteiger partial charge in [-0.1, -0.05) is 39.7 Å². The van der Waals surface area contributed by atoms with Crippen LogP contribution in [-0.4, -0.2) is 0 Å². The number of benzene rings is 4. The van der Waals surface area contributed by atoms with Gasteiger partial charge in [-0.2, -0.15) is 0 Å². The maximum atomic E-state index is 13.0. The van der Waals surface area contributed by atoms with E-state index in [1.54, 1.807) is 11.3 Å². The molecular weight excluding hydrogens is 392 g/mol. The lowest BCUT2D eigenvalue weighted by molar-refractivity contribution is 1.51. The summed E-state index contributed by atoms with van der Waals surface area (Å²) in [5, 5.41) is 6.26. The molecule has 5 rings (SSSR count). The fraction of sp³-hybridized carbons (Fsp3) is 0.0455. The van der Waals surface area contributed by atoms with Gasteiger partial charge >= 0.3 is 0 Å². The molecule has 0 saturated carbocycles. The molecule has 0 spiro atoms. The predicted molar refractivity (Wildman–Crippen MR) is 113 cm³/mol. The molecule has 0 atom stereocenters. The van der Waals surface area contributed by atoms with Gasteiger partial charge in [-0.3, -0.25) is 4.79 Å². The fourth-order valence-electron chi connectivity index (χ4n) is 3.45. The normalized spacial score (nSPS) is 11.8. The van der Waals surface area contributed by atoms with Crippen molar-refractivity contribution in [2.24, 2.45) is 0 Å². The van der Waals surface area contributed by atoms with Gasteiger partial charge < -0.3 is 0 Å². The SMILES string of the molecule is Cc1ccc2sc3cc4cc5cccc(Br)c5cc4cc3c(=O)c2c1. The van der Waals surface area contributed by atoms with Crippen molar-refractivity contribution in [3.63, 3.8) is 0 Å². The highest BCUT2D eigenvalue weighted by molar-refractivity contribution is 9.10. The van der Waals surface area contributed by atoms with E-state index in [9.17, 15) is 4.79 Å². The molecule has 0 N–H and O–H groups in total. The Bertz CT molecular complexity index is 1380. The maximum Gasteiger partial charge on any atom is 0.195 e. The number of hydrogen-bond donors (Lipinski definition) is 0. The number of rotatable bonds is 0. The molecule has 0 bridgehead atoms. The first-order valence-corrected chi connectivity index (χ1v) is 9.70. The summed E-state index contributed by atoms with van der Waals surface area (Å²) in [6.07, 6.45) is 0. The topological polar surface area (TPSA) is 17.1 Å². The second-order valence-electron chi connectivity index (χ2n) is 6.44. The number of halogens is 1. The summed E-state index contributed by atoms with van der Waals surface area (Å²) >= 11 is 5.32. The van der Waals surface area contributed by atoms with E-state index in [0.717, 1.165) is 35.6 Å². The Labute approximate surface area is 156 Å². The quantitative estimate of drug-likeness (QED) is 0.259. The zero-order chi connectivity index (χ0) is 17.1. The van der Waals surface area contributed by atoms with E-state index in [-0.39, 0.29) is 5.43 Å². The molecule has 1 nitrogen and oxygen atoms in total. The molecule has 0 aliphatic heterocycles. The van der Waals surface area contributed by atoms with Crippen molar-refractivity contribution in [1.29, 1.82) is 0 Å². The van der Waals surface area contributed by atoms with Gasteiger partial charge in [-0.05, 0) is 70.9 Å². The van der Waals surface area contributed by atoms with Crippen LogP contribution in [-0.2, 0) is 0 Å². The summed E-state index contributed by atoms with van der Waals surface area (Å²) in [5.74, 6) is 0. The Morgan fingerprint density at radius 2 is 1.52 bits per heavy atom. The van der Waals surface area contributed by atoms with Gasteiger partial charge in [0.1, 0.15) is 0 Å². The van der Waals surface area contributed by atoms with E-state index in [0.29, 0.717) is 0 Å². The summed E-state index contributed by atoms with van der Waals surface area (Å²) in [6.45, 7) is 2.03. The van der Waals surface area contributed by atoms with Crippen molar-refractivity contribution in [2.45, 2.75) is 6.92 Å². The first kappa shape index (κ1) is 15.1. The summed E-state index contributed by atoms with van der Waals surface area (Å²) < 4.78 is 3.17. The Kier molecular flexibility index (Phi) is 3.24. The molecule has 0 unspecified atom stereocenters. The smallest absolute Gasteiger partial charge is 0.195 e. The average Bonchev–Trinajstić information content (AvgIpc) is 2.60. The third-order valence-electron chi connectivity index (χ3n) is 4.73. The van der Waals surface area contributed by atoms with Crippen LogP contribution < -0.4 is 5.43 Å². The predicted octanol–water partition coefficient (Wildman–Crippen LogP) is 6.79. The molecule has 3 heteroatoms. The second-order valence-corrected chi connectivity index (χ2v) is 8.38. The van der Waals surface area contributed by atoms with Crippen molar-refractivity contribution < 1.29 is 0 Å². The average molecular weight is 405 g/mol. The molecule has 5 aromatic rings. The van der Waals surface area contributed by atoms with Crippen molar-refractivity contribution >= 4 is 69.0 Å². The molecule has 120 valence electrons. The molecule has 0 saturated heterocycles. The Hall–Kier alpha value is -2.23. The van der Waals surface area contributed by atoms with Crippen molar-refractivity contribution in [2.75, 3.05) is 0 Å². The lowest BCUT2D eigenvalue weighted by atomic mass is 10.0. The van der Waals surface area contributed by atoms with Crippen molar-refractivity contribution in [1.82, 2.24) is 0 Å². The molecule has 0 fully saturated rings. The number of aryl methyl sites for hydroxylation is 1. The third-order valence-corrected chi connectivity index (χ3v) is 6.55. The largest absolute Gasteiger partial charge is 0.289 e. The Morgan fingerprint density at radius 3 is 2.40 bits per heavy atom. The molecule has 1 aromatic heterocycles. The summed E-state index contributed by atoms with van der Waals surface area (Å²) in [7, 11) is 0. The highest BCUT2D eigenvalue weighted by atomic mass is 79.9. The molecule has 4 aromatic carbocycles. The van der Waals surface area contributed by atoms with Gasteiger partial charge in [0.25, 0.3) is 0 Å². The summed E-state index contributed by atoms with van der Waals surface area (Å²) in [6, 6.07) is 20.9. The molecular formula is C22H13BrOS. The highest BCUT2D eigenvalue weighted by Crippen LogP contribution is 2.33. The highest BCUT2D eigenvalue weighted by Gasteiger charge is 2.09. The second kappa shape index (κ2) is 5.38. The van der Waals surface area contributed by atoms with Crippen LogP contribution in [0.1, 0.15) is 5.56 Å². The van der Waals surface area contributed by atoms with E-state index in [1.807, 2.05) is 31.2 Å². The number of fused-ring (bicyclic) bond motifs is 4. The molecule has 0 aliphatic rings. The zero-order valence-electron chi connectivity index (χ0n) is 13.5. The van der Waals surface area contributed by atoms with E-state index in [2.05, 4.69) is 52.3 Å². The minimum Gasteiger partial charge on any atom is -0.289 e. The van der Waals surface area contributed by atoms with E-state index in [4.69, 9.17) is 0 Å². The van der Waals surface area contributed by atoms with Gasteiger partial charge in [-0.25, -0.2) is 0 Å². The maximum absolute atomic E-state index is 13.0. The van der Waals surface area contributed by atoms with Crippen LogP contribution >= 0.6 is 27.3 Å². The fourth-order valence-corrected chi connectivity index (χ4v) is 5.03. The van der Waals surface area contributed by atoms with Gasteiger partial charge in [0.15, 0.2) is 5.43 Å². The van der Waals surface area contributed by atoms with E-state index in [1.165, 1.54) is 16.2 Å². The standard InChI is InChI=1S/C22H13BrOS/c1-12-5-6-20-17(7-12)22(24)18-10-15-9-16-13(3-2-4-19(16)23)8-14(15)11-21(18)25-20/h2-11H,1H3. The van der Waals surface area contributed by atoms with Crippen LogP contribution in [0.4, 0.5) is 0 Å². The minimum atomic E-state index is 0.126. The van der Waals surface area contributed by atoms with E-state index < -0.39 is 0 Å². The van der Waals surface area contributed by atoms with Gasteiger partial charge in [0.05, 0.1) is 0 Å².